The molecule has 0 aliphatic rings. The Hall–Kier alpha value is -0.260. The molecule has 0 spiro atoms. The van der Waals surface area contributed by atoms with E-state index in [9.17, 15) is 0 Å². The molecule has 0 heterocycles. The fourth-order valence-corrected chi connectivity index (χ4v) is 3.07. The van der Waals surface area contributed by atoms with Crippen molar-refractivity contribution in [2.24, 2.45) is 23.7 Å². The van der Waals surface area contributed by atoms with E-state index >= 15 is 0 Å². The highest BCUT2D eigenvalue weighted by Crippen LogP contribution is 2.22. The standard InChI is InChI=1S/C13H26.C11H24.C3H8.2C2H6/c1-12(2)10-8-6-5-7-9-11-13(3)4;1-6-11(10(4)5)8-7-9(2)3;1-3-2;2*1-2/h13H,1,5-11H2,2-4H3;9-11H,6-8H2,1-5H3;3H2,1-2H3;2*1-2H3. The summed E-state index contributed by atoms with van der Waals surface area (Å²) < 4.78 is 0. The molecular formula is C31H70. The topological polar surface area (TPSA) is 0 Å². The van der Waals surface area contributed by atoms with Crippen LogP contribution in [0.2, 0.25) is 0 Å². The van der Waals surface area contributed by atoms with Crippen LogP contribution in [0.4, 0.5) is 0 Å². The van der Waals surface area contributed by atoms with Crippen LogP contribution in [-0.4, -0.2) is 0 Å². The normalized spacial score (nSPS) is 10.6. The van der Waals surface area contributed by atoms with E-state index in [2.05, 4.69) is 75.8 Å². The molecule has 0 aromatic heterocycles. The maximum atomic E-state index is 3.91. The summed E-state index contributed by atoms with van der Waals surface area (Å²) in [6, 6.07) is 0. The zero-order chi connectivity index (χ0) is 25.7. The summed E-state index contributed by atoms with van der Waals surface area (Å²) in [7, 11) is 0. The van der Waals surface area contributed by atoms with Crippen molar-refractivity contribution in [3.05, 3.63) is 12.2 Å². The van der Waals surface area contributed by atoms with E-state index in [4.69, 9.17) is 0 Å². The lowest BCUT2D eigenvalue weighted by Crippen LogP contribution is -2.08. The van der Waals surface area contributed by atoms with Crippen molar-refractivity contribution in [1.29, 1.82) is 0 Å². The van der Waals surface area contributed by atoms with Gasteiger partial charge in [0, 0.05) is 0 Å². The van der Waals surface area contributed by atoms with Crippen molar-refractivity contribution in [2.75, 3.05) is 0 Å². The molecule has 0 aromatic carbocycles. The highest BCUT2D eigenvalue weighted by Gasteiger charge is 2.10. The summed E-state index contributed by atoms with van der Waals surface area (Å²) in [6.07, 6.45) is 15.1. The number of hydrogen-bond donors (Lipinski definition) is 0. The highest BCUT2D eigenvalue weighted by atomic mass is 14.2. The van der Waals surface area contributed by atoms with Crippen molar-refractivity contribution < 1.29 is 0 Å². The lowest BCUT2D eigenvalue weighted by molar-refractivity contribution is 0.322. The third kappa shape index (κ3) is 53.2. The largest absolute Gasteiger partial charge is 0.100 e. The first-order chi connectivity index (χ1) is 14.6. The molecule has 0 N–H and O–H groups in total. The Morgan fingerprint density at radius 3 is 1.32 bits per heavy atom. The van der Waals surface area contributed by atoms with Crippen molar-refractivity contribution in [3.8, 4) is 0 Å². The van der Waals surface area contributed by atoms with Gasteiger partial charge < -0.3 is 0 Å². The smallest absolute Gasteiger partial charge is 0.0326 e. The molecule has 1 atom stereocenters. The Morgan fingerprint density at radius 2 is 1.00 bits per heavy atom. The third-order valence-electron chi connectivity index (χ3n) is 4.97. The summed E-state index contributed by atoms with van der Waals surface area (Å²) in [5.74, 6) is 3.59. The molecule has 0 saturated heterocycles. The molecule has 0 rings (SSSR count). The lowest BCUT2D eigenvalue weighted by Gasteiger charge is -2.19. The van der Waals surface area contributed by atoms with Crippen molar-refractivity contribution in [2.45, 2.75) is 168 Å². The Morgan fingerprint density at radius 1 is 0.613 bits per heavy atom. The van der Waals surface area contributed by atoms with Gasteiger partial charge in [-0.1, -0.05) is 147 Å². The number of rotatable bonds is 13. The molecule has 0 amide bonds. The Bertz CT molecular complexity index is 272. The van der Waals surface area contributed by atoms with Crippen LogP contribution in [0.5, 0.6) is 0 Å². The second-order valence-corrected chi connectivity index (χ2v) is 9.75. The minimum atomic E-state index is 0.874. The van der Waals surface area contributed by atoms with Crippen LogP contribution in [0.25, 0.3) is 0 Å². The molecule has 0 aromatic rings. The fraction of sp³-hybridized carbons (Fsp3) is 0.935. The van der Waals surface area contributed by atoms with Crippen molar-refractivity contribution >= 4 is 0 Å². The SMILES string of the molecule is C=C(C)CCCCCCCC(C)C.CC.CC.CCC.CCC(CCC(C)C)C(C)C. The second kappa shape index (κ2) is 37.1. The average molecular weight is 443 g/mol. The van der Waals surface area contributed by atoms with Crippen LogP contribution in [-0.2, 0) is 0 Å². The minimum absolute atomic E-state index is 0.874. The van der Waals surface area contributed by atoms with Gasteiger partial charge in [-0.15, -0.1) is 6.58 Å². The molecule has 0 saturated carbocycles. The van der Waals surface area contributed by atoms with Crippen LogP contribution >= 0.6 is 0 Å². The van der Waals surface area contributed by atoms with Gasteiger partial charge in [-0.2, -0.15) is 0 Å². The lowest BCUT2D eigenvalue weighted by atomic mass is 9.87. The van der Waals surface area contributed by atoms with Gasteiger partial charge in [-0.05, 0) is 49.9 Å². The van der Waals surface area contributed by atoms with Crippen LogP contribution in [0.15, 0.2) is 12.2 Å². The predicted octanol–water partition coefficient (Wildman–Crippen LogP) is 12.5. The van der Waals surface area contributed by atoms with Gasteiger partial charge in [0.25, 0.3) is 0 Å². The monoisotopic (exact) mass is 443 g/mol. The van der Waals surface area contributed by atoms with Crippen LogP contribution in [0, 0.1) is 23.7 Å². The van der Waals surface area contributed by atoms with Gasteiger partial charge in [-0.25, -0.2) is 0 Å². The van der Waals surface area contributed by atoms with E-state index in [1.54, 1.807) is 0 Å². The molecule has 31 heavy (non-hydrogen) atoms. The van der Waals surface area contributed by atoms with Crippen molar-refractivity contribution in [3.63, 3.8) is 0 Å². The van der Waals surface area contributed by atoms with Crippen LogP contribution < -0.4 is 0 Å². The summed E-state index contributed by atoms with van der Waals surface area (Å²) >= 11 is 0. The van der Waals surface area contributed by atoms with Gasteiger partial charge in [0.1, 0.15) is 0 Å². The van der Waals surface area contributed by atoms with Gasteiger partial charge >= 0.3 is 0 Å². The molecule has 0 bridgehead atoms. The molecule has 0 nitrogen and oxygen atoms in total. The van der Waals surface area contributed by atoms with Crippen LogP contribution in [0.3, 0.4) is 0 Å². The van der Waals surface area contributed by atoms with Crippen LogP contribution in [0.1, 0.15) is 168 Å². The quantitative estimate of drug-likeness (QED) is 0.196. The van der Waals surface area contributed by atoms with Crippen molar-refractivity contribution in [1.82, 2.24) is 0 Å². The number of unbranched alkanes of at least 4 members (excludes halogenated alkanes) is 4. The molecule has 0 aliphatic carbocycles. The maximum absolute atomic E-state index is 3.91. The summed E-state index contributed by atoms with van der Waals surface area (Å²) in [4.78, 5) is 0. The van der Waals surface area contributed by atoms with E-state index in [-0.39, 0.29) is 0 Å². The van der Waals surface area contributed by atoms with E-state index < -0.39 is 0 Å². The predicted molar refractivity (Wildman–Crippen MR) is 153 cm³/mol. The van der Waals surface area contributed by atoms with Gasteiger partial charge in [0.05, 0.1) is 0 Å². The van der Waals surface area contributed by atoms with Gasteiger partial charge in [0.2, 0.25) is 0 Å². The Labute approximate surface area is 203 Å². The van der Waals surface area contributed by atoms with Gasteiger partial charge in [-0.3, -0.25) is 0 Å². The molecule has 0 heteroatoms. The Balaban J connectivity index is -0.000000113. The first kappa shape index (κ1) is 41.0. The Kier molecular flexibility index (Phi) is 49.1. The van der Waals surface area contributed by atoms with E-state index in [1.807, 2.05) is 27.7 Å². The maximum Gasteiger partial charge on any atom is -0.0326 e. The third-order valence-corrected chi connectivity index (χ3v) is 4.97. The summed E-state index contributed by atoms with van der Waals surface area (Å²) in [5, 5.41) is 0. The molecular weight excluding hydrogens is 372 g/mol. The summed E-state index contributed by atoms with van der Waals surface area (Å²) in [5.41, 5.74) is 1.34. The first-order valence-electron chi connectivity index (χ1n) is 14.3. The van der Waals surface area contributed by atoms with E-state index in [1.165, 1.54) is 76.2 Å². The zero-order valence-corrected chi connectivity index (χ0v) is 25.3. The molecule has 0 aliphatic heterocycles. The minimum Gasteiger partial charge on any atom is -0.100 e. The van der Waals surface area contributed by atoms with Gasteiger partial charge in [0.15, 0.2) is 0 Å². The van der Waals surface area contributed by atoms with E-state index in [0.717, 1.165) is 23.7 Å². The highest BCUT2D eigenvalue weighted by molar-refractivity contribution is 4.86. The van der Waals surface area contributed by atoms with E-state index in [0.29, 0.717) is 0 Å². The molecule has 0 radical (unpaired) electrons. The molecule has 1 unspecified atom stereocenters. The zero-order valence-electron chi connectivity index (χ0n) is 25.3. The average Bonchev–Trinajstić information content (AvgIpc) is 2.71. The number of allylic oxidation sites excluding steroid dienone is 1. The molecule has 194 valence electrons. The second-order valence-electron chi connectivity index (χ2n) is 9.75. The number of hydrogen-bond acceptors (Lipinski definition) is 0. The molecule has 0 fully saturated rings. The summed E-state index contributed by atoms with van der Waals surface area (Å²) in [6.45, 7) is 34.5. The first-order valence-corrected chi connectivity index (χ1v) is 14.3. The fourth-order valence-electron chi connectivity index (χ4n) is 3.07.